The lowest BCUT2D eigenvalue weighted by Gasteiger charge is -2.09. The number of ether oxygens (including phenoxy) is 1. The molecule has 2 rings (SSSR count). The van der Waals surface area contributed by atoms with E-state index in [1.807, 2.05) is 0 Å². The fourth-order valence-corrected chi connectivity index (χ4v) is 1.79. The van der Waals surface area contributed by atoms with Crippen molar-refractivity contribution in [3.8, 4) is 17.1 Å². The van der Waals surface area contributed by atoms with E-state index in [9.17, 15) is 13.2 Å². The second kappa shape index (κ2) is 6.00. The SMILES string of the molecule is NCCCc1ccc(-c2cccc(OC(F)(F)F)c2)o1. The zero-order valence-corrected chi connectivity index (χ0v) is 10.6. The molecule has 20 heavy (non-hydrogen) atoms. The van der Waals surface area contributed by atoms with E-state index in [4.69, 9.17) is 10.2 Å². The van der Waals surface area contributed by atoms with Gasteiger partial charge < -0.3 is 14.9 Å². The topological polar surface area (TPSA) is 48.4 Å². The summed E-state index contributed by atoms with van der Waals surface area (Å²) in [4.78, 5) is 0. The molecule has 0 saturated heterocycles. The summed E-state index contributed by atoms with van der Waals surface area (Å²) in [5, 5.41) is 0. The molecule has 1 aromatic carbocycles. The summed E-state index contributed by atoms with van der Waals surface area (Å²) in [6, 6.07) is 9.20. The molecule has 0 aliphatic rings. The molecule has 6 heteroatoms. The lowest BCUT2D eigenvalue weighted by atomic mass is 10.1. The third-order valence-electron chi connectivity index (χ3n) is 2.64. The van der Waals surface area contributed by atoms with Crippen molar-refractivity contribution in [2.75, 3.05) is 6.54 Å². The predicted molar refractivity (Wildman–Crippen MR) is 68.2 cm³/mol. The molecule has 0 radical (unpaired) electrons. The van der Waals surface area contributed by atoms with Gasteiger partial charge in [-0.25, -0.2) is 0 Å². The molecular weight excluding hydrogens is 271 g/mol. The highest BCUT2D eigenvalue weighted by Gasteiger charge is 2.31. The van der Waals surface area contributed by atoms with Crippen molar-refractivity contribution in [1.82, 2.24) is 0 Å². The van der Waals surface area contributed by atoms with Gasteiger partial charge in [0.1, 0.15) is 17.3 Å². The van der Waals surface area contributed by atoms with Crippen LogP contribution in [0.25, 0.3) is 11.3 Å². The van der Waals surface area contributed by atoms with Gasteiger partial charge in [-0.2, -0.15) is 0 Å². The van der Waals surface area contributed by atoms with Crippen LogP contribution in [0.1, 0.15) is 12.2 Å². The van der Waals surface area contributed by atoms with E-state index >= 15 is 0 Å². The maximum atomic E-state index is 12.2. The fourth-order valence-electron chi connectivity index (χ4n) is 1.79. The molecule has 108 valence electrons. The molecule has 1 heterocycles. The van der Waals surface area contributed by atoms with Gasteiger partial charge in [-0.15, -0.1) is 13.2 Å². The van der Waals surface area contributed by atoms with Gasteiger partial charge in [0.15, 0.2) is 0 Å². The number of furan rings is 1. The zero-order chi connectivity index (χ0) is 14.6. The summed E-state index contributed by atoms with van der Waals surface area (Å²) < 4.78 is 45.9. The normalized spacial score (nSPS) is 11.6. The van der Waals surface area contributed by atoms with E-state index in [-0.39, 0.29) is 5.75 Å². The lowest BCUT2D eigenvalue weighted by Crippen LogP contribution is -2.17. The van der Waals surface area contributed by atoms with E-state index in [2.05, 4.69) is 4.74 Å². The first-order valence-electron chi connectivity index (χ1n) is 6.13. The fraction of sp³-hybridized carbons (Fsp3) is 0.286. The van der Waals surface area contributed by atoms with Gasteiger partial charge in [0, 0.05) is 12.0 Å². The number of rotatable bonds is 5. The van der Waals surface area contributed by atoms with Gasteiger partial charge in [-0.1, -0.05) is 12.1 Å². The summed E-state index contributed by atoms with van der Waals surface area (Å²) in [5.74, 6) is 0.993. The van der Waals surface area contributed by atoms with Gasteiger partial charge in [0.2, 0.25) is 0 Å². The van der Waals surface area contributed by atoms with Crippen molar-refractivity contribution in [1.29, 1.82) is 0 Å². The first-order valence-corrected chi connectivity index (χ1v) is 6.13. The van der Waals surface area contributed by atoms with Gasteiger partial charge >= 0.3 is 6.36 Å². The zero-order valence-electron chi connectivity index (χ0n) is 10.6. The minimum Gasteiger partial charge on any atom is -0.461 e. The Morgan fingerprint density at radius 1 is 1.15 bits per heavy atom. The Kier molecular flexibility index (Phi) is 4.34. The Balaban J connectivity index is 2.16. The first kappa shape index (κ1) is 14.5. The number of halogens is 3. The highest BCUT2D eigenvalue weighted by molar-refractivity contribution is 5.59. The summed E-state index contributed by atoms with van der Waals surface area (Å²) >= 11 is 0. The van der Waals surface area contributed by atoms with E-state index in [1.165, 1.54) is 18.2 Å². The maximum absolute atomic E-state index is 12.2. The van der Waals surface area contributed by atoms with E-state index < -0.39 is 6.36 Å². The third-order valence-corrected chi connectivity index (χ3v) is 2.64. The van der Waals surface area contributed by atoms with Crippen LogP contribution in [0.5, 0.6) is 5.75 Å². The van der Waals surface area contributed by atoms with Crippen molar-refractivity contribution in [3.05, 3.63) is 42.2 Å². The highest BCUT2D eigenvalue weighted by Crippen LogP contribution is 2.29. The van der Waals surface area contributed by atoms with Crippen LogP contribution in [0.3, 0.4) is 0 Å². The van der Waals surface area contributed by atoms with Crippen LogP contribution in [-0.2, 0) is 6.42 Å². The van der Waals surface area contributed by atoms with Crippen LogP contribution in [0.15, 0.2) is 40.8 Å². The number of hydrogen-bond acceptors (Lipinski definition) is 3. The Labute approximate surface area is 114 Å². The van der Waals surface area contributed by atoms with Gasteiger partial charge in [-0.3, -0.25) is 0 Å². The predicted octanol–water partition coefficient (Wildman–Crippen LogP) is 3.74. The third kappa shape index (κ3) is 4.03. The van der Waals surface area contributed by atoms with Crippen molar-refractivity contribution < 1.29 is 22.3 Å². The molecule has 0 aliphatic heterocycles. The van der Waals surface area contributed by atoms with Crippen LogP contribution in [0.4, 0.5) is 13.2 Å². The molecule has 0 fully saturated rings. The largest absolute Gasteiger partial charge is 0.573 e. The molecule has 1 aromatic heterocycles. The lowest BCUT2D eigenvalue weighted by molar-refractivity contribution is -0.274. The molecule has 2 aromatic rings. The molecule has 0 bridgehead atoms. The highest BCUT2D eigenvalue weighted by atomic mass is 19.4. The second-order valence-corrected chi connectivity index (χ2v) is 4.23. The molecule has 0 unspecified atom stereocenters. The van der Waals surface area contributed by atoms with Crippen molar-refractivity contribution in [2.45, 2.75) is 19.2 Å². The van der Waals surface area contributed by atoms with Crippen molar-refractivity contribution in [3.63, 3.8) is 0 Å². The average molecular weight is 285 g/mol. The Morgan fingerprint density at radius 2 is 1.95 bits per heavy atom. The van der Waals surface area contributed by atoms with Gasteiger partial charge in [0.25, 0.3) is 0 Å². The molecule has 2 N–H and O–H groups in total. The number of nitrogens with two attached hydrogens (primary N) is 1. The van der Waals surface area contributed by atoms with E-state index in [0.717, 1.165) is 12.2 Å². The van der Waals surface area contributed by atoms with Crippen LogP contribution in [0, 0.1) is 0 Å². The first-order chi connectivity index (χ1) is 9.48. The number of aryl methyl sites for hydroxylation is 1. The Morgan fingerprint density at radius 3 is 2.65 bits per heavy atom. The summed E-state index contributed by atoms with van der Waals surface area (Å²) in [5.41, 5.74) is 5.94. The standard InChI is InChI=1S/C14H14F3NO2/c15-14(16,17)20-12-4-1-3-10(9-12)13-7-6-11(19-13)5-2-8-18/h1,3-4,6-7,9H,2,5,8,18H2. The minimum absolute atomic E-state index is 0.269. The summed E-state index contributed by atoms with van der Waals surface area (Å²) in [6.07, 6.45) is -3.20. The van der Waals surface area contributed by atoms with E-state index in [0.29, 0.717) is 24.3 Å². The maximum Gasteiger partial charge on any atom is 0.573 e. The molecule has 0 amide bonds. The van der Waals surface area contributed by atoms with Gasteiger partial charge in [0.05, 0.1) is 0 Å². The Bertz CT molecular complexity index is 564. The van der Waals surface area contributed by atoms with Crippen molar-refractivity contribution in [2.24, 2.45) is 5.73 Å². The summed E-state index contributed by atoms with van der Waals surface area (Å²) in [7, 11) is 0. The molecule has 0 atom stereocenters. The molecule has 3 nitrogen and oxygen atoms in total. The second-order valence-electron chi connectivity index (χ2n) is 4.23. The smallest absolute Gasteiger partial charge is 0.461 e. The van der Waals surface area contributed by atoms with Crippen LogP contribution >= 0.6 is 0 Å². The Hall–Kier alpha value is -1.95. The van der Waals surface area contributed by atoms with Crippen molar-refractivity contribution >= 4 is 0 Å². The minimum atomic E-state index is -4.70. The monoisotopic (exact) mass is 285 g/mol. The molecular formula is C14H14F3NO2. The number of alkyl halides is 3. The molecule has 0 saturated carbocycles. The van der Waals surface area contributed by atoms with Crippen LogP contribution < -0.4 is 10.5 Å². The molecule has 0 aliphatic carbocycles. The van der Waals surface area contributed by atoms with Crippen LogP contribution in [-0.4, -0.2) is 12.9 Å². The average Bonchev–Trinajstić information content (AvgIpc) is 2.83. The number of benzene rings is 1. The quantitative estimate of drug-likeness (QED) is 0.910. The summed E-state index contributed by atoms with van der Waals surface area (Å²) in [6.45, 7) is 0.560. The van der Waals surface area contributed by atoms with Crippen LogP contribution in [0.2, 0.25) is 0 Å². The van der Waals surface area contributed by atoms with Gasteiger partial charge in [-0.05, 0) is 37.2 Å². The molecule has 0 spiro atoms. The van der Waals surface area contributed by atoms with E-state index in [1.54, 1.807) is 18.2 Å². The number of hydrogen-bond donors (Lipinski definition) is 1.